The number of benzene rings is 2. The van der Waals surface area contributed by atoms with Crippen LogP contribution >= 0.6 is 0 Å². The summed E-state index contributed by atoms with van der Waals surface area (Å²) in [4.78, 5) is 10.6. The van der Waals surface area contributed by atoms with Crippen LogP contribution in [0.25, 0.3) is 0 Å². The third-order valence-electron chi connectivity index (χ3n) is 2.94. The third-order valence-corrected chi connectivity index (χ3v) is 2.94. The van der Waals surface area contributed by atoms with E-state index in [4.69, 9.17) is 9.84 Å². The van der Waals surface area contributed by atoms with Crippen LogP contribution in [0, 0.1) is 6.92 Å². The van der Waals surface area contributed by atoms with Crippen LogP contribution in [-0.4, -0.2) is 18.5 Å². The van der Waals surface area contributed by atoms with Crippen molar-refractivity contribution in [2.75, 3.05) is 7.11 Å². The van der Waals surface area contributed by atoms with Crippen molar-refractivity contribution in [2.45, 2.75) is 20.0 Å². The van der Waals surface area contributed by atoms with Gasteiger partial charge in [0.1, 0.15) is 18.1 Å². The minimum absolute atomic E-state index is 0.0354. The SMILES string of the molecule is CO.Cc1ccccc1OC(C)c1ccc(C=O)cc1. The standard InChI is InChI=1S/C16H16O2.CH4O/c1-12-5-3-4-6-16(12)18-13(2)15-9-7-14(11-17)8-10-15;1-2/h3-11,13H,1-2H3;2H,1H3. The molecule has 0 radical (unpaired) electrons. The lowest BCUT2D eigenvalue weighted by molar-refractivity contribution is 0.112. The molecule has 20 heavy (non-hydrogen) atoms. The van der Waals surface area contributed by atoms with Crippen LogP contribution in [0.3, 0.4) is 0 Å². The van der Waals surface area contributed by atoms with E-state index < -0.39 is 0 Å². The summed E-state index contributed by atoms with van der Waals surface area (Å²) in [6, 6.07) is 15.4. The third kappa shape index (κ3) is 4.21. The van der Waals surface area contributed by atoms with Crippen molar-refractivity contribution in [2.24, 2.45) is 0 Å². The van der Waals surface area contributed by atoms with E-state index in [2.05, 4.69) is 0 Å². The van der Waals surface area contributed by atoms with Crippen molar-refractivity contribution in [1.29, 1.82) is 0 Å². The predicted octanol–water partition coefficient (Wildman–Crippen LogP) is 3.56. The molecule has 2 aromatic rings. The Morgan fingerprint density at radius 2 is 1.65 bits per heavy atom. The van der Waals surface area contributed by atoms with Crippen LogP contribution in [0.15, 0.2) is 48.5 Å². The summed E-state index contributed by atoms with van der Waals surface area (Å²) in [5.41, 5.74) is 2.86. The van der Waals surface area contributed by atoms with E-state index in [1.165, 1.54) is 0 Å². The lowest BCUT2D eigenvalue weighted by Gasteiger charge is -2.16. The molecule has 106 valence electrons. The second kappa shape index (κ2) is 8.12. The topological polar surface area (TPSA) is 46.5 Å². The van der Waals surface area contributed by atoms with Crippen molar-refractivity contribution >= 4 is 6.29 Å². The first-order valence-electron chi connectivity index (χ1n) is 6.43. The molecule has 0 spiro atoms. The molecule has 1 unspecified atom stereocenters. The van der Waals surface area contributed by atoms with Gasteiger partial charge in [-0.25, -0.2) is 0 Å². The van der Waals surface area contributed by atoms with Crippen LogP contribution in [-0.2, 0) is 0 Å². The molecule has 3 nitrogen and oxygen atoms in total. The number of aliphatic hydroxyl groups is 1. The maximum atomic E-state index is 10.6. The number of aryl methyl sites for hydroxylation is 1. The minimum Gasteiger partial charge on any atom is -0.486 e. The van der Waals surface area contributed by atoms with Gasteiger partial charge >= 0.3 is 0 Å². The molecule has 0 aromatic heterocycles. The Morgan fingerprint density at radius 3 is 2.20 bits per heavy atom. The zero-order valence-electron chi connectivity index (χ0n) is 12.0. The number of hydrogen-bond donors (Lipinski definition) is 1. The first kappa shape index (κ1) is 15.9. The zero-order chi connectivity index (χ0) is 15.0. The summed E-state index contributed by atoms with van der Waals surface area (Å²) in [7, 11) is 1.00. The van der Waals surface area contributed by atoms with Gasteiger partial charge in [0, 0.05) is 12.7 Å². The van der Waals surface area contributed by atoms with E-state index in [-0.39, 0.29) is 6.10 Å². The second-order valence-corrected chi connectivity index (χ2v) is 4.31. The van der Waals surface area contributed by atoms with Gasteiger partial charge in [0.15, 0.2) is 0 Å². The van der Waals surface area contributed by atoms with Crippen molar-refractivity contribution in [1.82, 2.24) is 0 Å². The molecule has 2 rings (SSSR count). The van der Waals surface area contributed by atoms with Crippen LogP contribution in [0.2, 0.25) is 0 Å². The first-order valence-corrected chi connectivity index (χ1v) is 6.43. The van der Waals surface area contributed by atoms with Gasteiger partial charge in [-0.2, -0.15) is 0 Å². The number of ether oxygens (including phenoxy) is 1. The molecule has 0 saturated carbocycles. The number of rotatable bonds is 4. The molecule has 0 bridgehead atoms. The van der Waals surface area contributed by atoms with Gasteiger partial charge in [-0.1, -0.05) is 42.5 Å². The average Bonchev–Trinajstić information content (AvgIpc) is 2.51. The Balaban J connectivity index is 0.000000956. The Labute approximate surface area is 119 Å². The van der Waals surface area contributed by atoms with E-state index in [0.717, 1.165) is 30.3 Å². The summed E-state index contributed by atoms with van der Waals surface area (Å²) in [6.07, 6.45) is 0.809. The van der Waals surface area contributed by atoms with E-state index in [1.54, 1.807) is 12.1 Å². The first-order chi connectivity index (χ1) is 9.70. The van der Waals surface area contributed by atoms with Crippen molar-refractivity contribution in [3.63, 3.8) is 0 Å². The van der Waals surface area contributed by atoms with Gasteiger partial charge in [-0.15, -0.1) is 0 Å². The monoisotopic (exact) mass is 272 g/mol. The molecule has 2 aromatic carbocycles. The smallest absolute Gasteiger partial charge is 0.150 e. The fourth-order valence-corrected chi connectivity index (χ4v) is 1.79. The average molecular weight is 272 g/mol. The van der Waals surface area contributed by atoms with Gasteiger partial charge in [-0.3, -0.25) is 4.79 Å². The molecule has 3 heteroatoms. The van der Waals surface area contributed by atoms with Crippen LogP contribution in [0.4, 0.5) is 0 Å². The van der Waals surface area contributed by atoms with E-state index in [9.17, 15) is 4.79 Å². The number of carbonyl (C=O) groups excluding carboxylic acids is 1. The normalized spacial score (nSPS) is 11.0. The Morgan fingerprint density at radius 1 is 1.05 bits per heavy atom. The molecule has 0 fully saturated rings. The molecule has 0 aliphatic heterocycles. The number of carbonyl (C=O) groups is 1. The van der Waals surface area contributed by atoms with Crippen LogP contribution in [0.1, 0.15) is 34.5 Å². The molecular weight excluding hydrogens is 252 g/mol. The molecule has 0 aliphatic rings. The highest BCUT2D eigenvalue weighted by Crippen LogP contribution is 2.24. The Kier molecular flexibility index (Phi) is 6.47. The molecule has 0 aliphatic carbocycles. The van der Waals surface area contributed by atoms with Crippen LogP contribution in [0.5, 0.6) is 5.75 Å². The fourth-order valence-electron chi connectivity index (χ4n) is 1.79. The molecule has 1 N–H and O–H groups in total. The fraction of sp³-hybridized carbons (Fsp3) is 0.235. The van der Waals surface area contributed by atoms with E-state index >= 15 is 0 Å². The second-order valence-electron chi connectivity index (χ2n) is 4.31. The van der Waals surface area contributed by atoms with Gasteiger partial charge in [0.2, 0.25) is 0 Å². The van der Waals surface area contributed by atoms with Gasteiger partial charge in [0.05, 0.1) is 0 Å². The summed E-state index contributed by atoms with van der Waals surface area (Å²) >= 11 is 0. The highest BCUT2D eigenvalue weighted by molar-refractivity contribution is 5.74. The lowest BCUT2D eigenvalue weighted by atomic mass is 10.1. The number of aliphatic hydroxyl groups excluding tert-OH is 1. The maximum absolute atomic E-state index is 10.6. The molecule has 0 amide bonds. The van der Waals surface area contributed by atoms with Gasteiger partial charge in [-0.05, 0) is 31.0 Å². The van der Waals surface area contributed by atoms with Crippen molar-refractivity contribution < 1.29 is 14.6 Å². The molecular formula is C17H20O3. The molecule has 0 heterocycles. The van der Waals surface area contributed by atoms with Gasteiger partial charge in [0.25, 0.3) is 0 Å². The molecule has 0 saturated heterocycles. The Bertz CT molecular complexity index is 532. The van der Waals surface area contributed by atoms with E-state index in [0.29, 0.717) is 5.56 Å². The predicted molar refractivity (Wildman–Crippen MR) is 80.2 cm³/mol. The number of aldehydes is 1. The van der Waals surface area contributed by atoms with Crippen molar-refractivity contribution in [3.05, 3.63) is 65.2 Å². The Hall–Kier alpha value is -2.13. The highest BCUT2D eigenvalue weighted by atomic mass is 16.5. The molecule has 1 atom stereocenters. The van der Waals surface area contributed by atoms with E-state index in [1.807, 2.05) is 50.2 Å². The highest BCUT2D eigenvalue weighted by Gasteiger charge is 2.08. The van der Waals surface area contributed by atoms with Crippen LogP contribution < -0.4 is 4.74 Å². The summed E-state index contributed by atoms with van der Waals surface area (Å²) in [5, 5.41) is 7.00. The van der Waals surface area contributed by atoms with Gasteiger partial charge < -0.3 is 9.84 Å². The summed E-state index contributed by atoms with van der Waals surface area (Å²) < 4.78 is 5.92. The maximum Gasteiger partial charge on any atom is 0.150 e. The minimum atomic E-state index is -0.0354. The number of para-hydroxylation sites is 1. The number of hydrogen-bond acceptors (Lipinski definition) is 3. The lowest BCUT2D eigenvalue weighted by Crippen LogP contribution is -2.04. The summed E-state index contributed by atoms with van der Waals surface area (Å²) in [6.45, 7) is 4.03. The summed E-state index contributed by atoms with van der Waals surface area (Å²) in [5.74, 6) is 0.893. The largest absolute Gasteiger partial charge is 0.486 e. The quantitative estimate of drug-likeness (QED) is 0.866. The zero-order valence-corrected chi connectivity index (χ0v) is 12.0. The van der Waals surface area contributed by atoms with Crippen molar-refractivity contribution in [3.8, 4) is 5.75 Å².